The number of nitrogens with one attached hydrogen (secondary N) is 2. The number of H-pyrrole nitrogens is 2. The maximum absolute atomic E-state index is 11.9. The zero-order valence-corrected chi connectivity index (χ0v) is 20.2. The van der Waals surface area contributed by atoms with Gasteiger partial charge >= 0.3 is 5.69 Å². The maximum atomic E-state index is 11.9. The van der Waals surface area contributed by atoms with E-state index in [0.717, 1.165) is 22.6 Å². The highest BCUT2D eigenvalue weighted by Gasteiger charge is 2.22. The second-order valence-corrected chi connectivity index (χ2v) is 9.11. The fraction of sp³-hybridized carbons (Fsp3) is 0.111. The minimum atomic E-state index is -0.559. The van der Waals surface area contributed by atoms with Crippen molar-refractivity contribution in [1.82, 2.24) is 24.7 Å². The van der Waals surface area contributed by atoms with Crippen molar-refractivity contribution in [2.75, 3.05) is 7.11 Å². The highest BCUT2D eigenvalue weighted by molar-refractivity contribution is 7.99. The minimum absolute atomic E-state index is 0.0270. The lowest BCUT2D eigenvalue weighted by atomic mass is 10.0. The quantitative estimate of drug-likeness (QED) is 0.313. The lowest BCUT2D eigenvalue weighted by molar-refractivity contribution is 0.414. The second-order valence-electron chi connectivity index (χ2n) is 8.04. The van der Waals surface area contributed by atoms with E-state index in [1.54, 1.807) is 18.9 Å². The van der Waals surface area contributed by atoms with Crippen LogP contribution in [0.15, 0.2) is 106 Å². The molecule has 2 aromatic heterocycles. The third-order valence-electron chi connectivity index (χ3n) is 5.62. The molecular weight excluding hydrogens is 474 g/mol. The normalized spacial score (nSPS) is 11.1. The molecule has 180 valence electrons. The predicted molar refractivity (Wildman–Crippen MR) is 139 cm³/mol. The van der Waals surface area contributed by atoms with Gasteiger partial charge in [0.1, 0.15) is 11.6 Å². The maximum Gasteiger partial charge on any atom is 0.325 e. The van der Waals surface area contributed by atoms with Gasteiger partial charge in [-0.25, -0.2) is 4.79 Å². The number of hydrogen-bond acceptors (Lipinski definition) is 6. The van der Waals surface area contributed by atoms with Crippen LogP contribution in [0.5, 0.6) is 5.75 Å². The van der Waals surface area contributed by atoms with E-state index in [1.807, 2.05) is 65.2 Å². The van der Waals surface area contributed by atoms with Crippen LogP contribution in [0.4, 0.5) is 0 Å². The summed E-state index contributed by atoms with van der Waals surface area (Å²) in [6, 6.07) is 29.4. The molecule has 2 heterocycles. The number of nitrogens with zero attached hydrogens (tertiary/aromatic N) is 3. The molecule has 0 aliphatic heterocycles. The van der Waals surface area contributed by atoms with Crippen LogP contribution in [0, 0.1) is 0 Å². The first-order chi connectivity index (χ1) is 17.6. The number of benzene rings is 3. The molecule has 36 heavy (non-hydrogen) atoms. The van der Waals surface area contributed by atoms with Gasteiger partial charge in [-0.15, -0.1) is 10.2 Å². The predicted octanol–water partition coefficient (Wildman–Crippen LogP) is 4.13. The van der Waals surface area contributed by atoms with Crippen molar-refractivity contribution in [1.29, 1.82) is 0 Å². The van der Waals surface area contributed by atoms with E-state index in [2.05, 4.69) is 44.4 Å². The van der Waals surface area contributed by atoms with Gasteiger partial charge in [0, 0.05) is 23.9 Å². The molecule has 0 saturated heterocycles. The summed E-state index contributed by atoms with van der Waals surface area (Å²) < 4.78 is 7.27. The molecule has 3 aromatic carbocycles. The average Bonchev–Trinajstić information content (AvgIpc) is 3.29. The zero-order valence-electron chi connectivity index (χ0n) is 19.4. The fourth-order valence-corrected chi connectivity index (χ4v) is 5.16. The van der Waals surface area contributed by atoms with Gasteiger partial charge in [0.15, 0.2) is 5.16 Å². The largest absolute Gasteiger partial charge is 0.497 e. The summed E-state index contributed by atoms with van der Waals surface area (Å²) in [6.45, 7) is 0. The topological polar surface area (TPSA) is 106 Å². The lowest BCUT2D eigenvalue weighted by Crippen LogP contribution is -2.23. The van der Waals surface area contributed by atoms with Crippen LogP contribution in [0.3, 0.4) is 0 Å². The van der Waals surface area contributed by atoms with E-state index in [9.17, 15) is 9.59 Å². The Labute approximate surface area is 211 Å². The molecule has 0 aliphatic carbocycles. The molecule has 0 spiro atoms. The second kappa shape index (κ2) is 10.5. The van der Waals surface area contributed by atoms with E-state index in [0.29, 0.717) is 16.7 Å². The van der Waals surface area contributed by atoms with Crippen LogP contribution in [-0.2, 0) is 6.42 Å². The first-order valence-corrected chi connectivity index (χ1v) is 12.2. The average molecular weight is 498 g/mol. The molecular formula is C27H23N5O3S. The fourth-order valence-electron chi connectivity index (χ4n) is 3.96. The standard InChI is InChI=1S/C27H23N5O3S/c1-35-22-14-12-21(13-15-22)32-23(16-20-17-24(33)29-26(34)28-20)30-31-27(32)36-25(18-8-4-2-5-9-18)19-10-6-3-7-11-19/h2-15,17,25H,16H2,1H3,(H2,28,29,33,34). The van der Waals surface area contributed by atoms with E-state index in [-0.39, 0.29) is 11.7 Å². The molecule has 0 aliphatic rings. The Morgan fingerprint density at radius 1 is 0.861 bits per heavy atom. The number of rotatable bonds is 8. The smallest absolute Gasteiger partial charge is 0.325 e. The Morgan fingerprint density at radius 2 is 1.50 bits per heavy atom. The summed E-state index contributed by atoms with van der Waals surface area (Å²) in [5, 5.41) is 9.64. The number of thioether (sulfide) groups is 1. The van der Waals surface area contributed by atoms with Gasteiger partial charge in [0.2, 0.25) is 0 Å². The molecule has 0 radical (unpaired) electrons. The summed E-state index contributed by atoms with van der Waals surface area (Å²) in [7, 11) is 1.62. The van der Waals surface area contributed by atoms with Crippen LogP contribution in [0.2, 0.25) is 0 Å². The van der Waals surface area contributed by atoms with Crippen molar-refractivity contribution >= 4 is 11.8 Å². The number of ether oxygens (including phenoxy) is 1. The molecule has 5 aromatic rings. The van der Waals surface area contributed by atoms with Gasteiger partial charge in [-0.3, -0.25) is 14.3 Å². The van der Waals surface area contributed by atoms with E-state index < -0.39 is 11.2 Å². The van der Waals surface area contributed by atoms with Crippen molar-refractivity contribution in [2.24, 2.45) is 0 Å². The van der Waals surface area contributed by atoms with Crippen molar-refractivity contribution in [2.45, 2.75) is 16.8 Å². The van der Waals surface area contributed by atoms with Gasteiger partial charge in [-0.1, -0.05) is 72.4 Å². The molecule has 0 saturated carbocycles. The van der Waals surface area contributed by atoms with Gasteiger partial charge in [-0.2, -0.15) is 0 Å². The van der Waals surface area contributed by atoms with Crippen molar-refractivity contribution in [3.05, 3.63) is 134 Å². The first kappa shape index (κ1) is 23.4. The third kappa shape index (κ3) is 5.16. The molecule has 0 atom stereocenters. The van der Waals surface area contributed by atoms with Crippen molar-refractivity contribution in [3.8, 4) is 11.4 Å². The van der Waals surface area contributed by atoms with Crippen molar-refractivity contribution < 1.29 is 4.74 Å². The molecule has 0 bridgehead atoms. The van der Waals surface area contributed by atoms with Crippen LogP contribution in [0.25, 0.3) is 5.69 Å². The van der Waals surface area contributed by atoms with Crippen LogP contribution >= 0.6 is 11.8 Å². The number of hydrogen-bond donors (Lipinski definition) is 2. The molecule has 9 heteroatoms. The summed E-state index contributed by atoms with van der Waals surface area (Å²) in [5.74, 6) is 1.32. The monoisotopic (exact) mass is 497 g/mol. The molecule has 5 rings (SSSR count). The van der Waals surface area contributed by atoms with Crippen molar-refractivity contribution in [3.63, 3.8) is 0 Å². The molecule has 0 amide bonds. The Morgan fingerprint density at radius 3 is 2.08 bits per heavy atom. The summed E-state index contributed by atoms with van der Waals surface area (Å²) in [4.78, 5) is 28.5. The van der Waals surface area contributed by atoms with Gasteiger partial charge in [0.05, 0.1) is 12.4 Å². The van der Waals surface area contributed by atoms with E-state index >= 15 is 0 Å². The van der Waals surface area contributed by atoms with E-state index in [4.69, 9.17) is 4.74 Å². The Hall–Kier alpha value is -4.37. The Bertz CT molecular complexity index is 1490. The zero-order chi connectivity index (χ0) is 24.9. The Balaban J connectivity index is 1.60. The summed E-state index contributed by atoms with van der Waals surface area (Å²) in [6.07, 6.45) is 0.222. The molecule has 0 fully saturated rings. The summed E-state index contributed by atoms with van der Waals surface area (Å²) in [5.41, 5.74) is 2.54. The SMILES string of the molecule is COc1ccc(-n2c(Cc3cc(=O)[nH]c(=O)[nH]3)nnc2SC(c2ccccc2)c2ccccc2)cc1. The van der Waals surface area contributed by atoms with Gasteiger partial charge < -0.3 is 9.72 Å². The number of methoxy groups -OCH3 is 1. The molecule has 2 N–H and O–H groups in total. The van der Waals surface area contributed by atoms with E-state index in [1.165, 1.54) is 6.07 Å². The van der Waals surface area contributed by atoms with Crippen LogP contribution in [-0.4, -0.2) is 31.8 Å². The van der Waals surface area contributed by atoms with Gasteiger partial charge in [-0.05, 0) is 35.4 Å². The molecule has 0 unspecified atom stereocenters. The van der Waals surface area contributed by atoms with Crippen LogP contribution < -0.4 is 16.0 Å². The van der Waals surface area contributed by atoms with Gasteiger partial charge in [0.25, 0.3) is 5.56 Å². The Kier molecular flexibility index (Phi) is 6.81. The number of aromatic nitrogens is 5. The minimum Gasteiger partial charge on any atom is -0.497 e. The van der Waals surface area contributed by atoms with Crippen LogP contribution in [0.1, 0.15) is 27.9 Å². The third-order valence-corrected chi connectivity index (χ3v) is 6.88. The lowest BCUT2D eigenvalue weighted by Gasteiger charge is -2.18. The summed E-state index contributed by atoms with van der Waals surface area (Å²) >= 11 is 1.58. The molecule has 8 nitrogen and oxygen atoms in total. The highest BCUT2D eigenvalue weighted by atomic mass is 32.2. The number of aromatic amines is 2. The highest BCUT2D eigenvalue weighted by Crippen LogP contribution is 2.40. The first-order valence-electron chi connectivity index (χ1n) is 11.3.